The highest BCUT2D eigenvalue weighted by molar-refractivity contribution is 9.10. The molecule has 0 bridgehead atoms. The highest BCUT2D eigenvalue weighted by atomic mass is 79.9. The number of halogens is 1. The van der Waals surface area contributed by atoms with Gasteiger partial charge in [-0.3, -0.25) is 0 Å². The van der Waals surface area contributed by atoms with Crippen molar-refractivity contribution in [3.63, 3.8) is 0 Å². The van der Waals surface area contributed by atoms with E-state index in [1.807, 2.05) is 11.8 Å². The zero-order chi connectivity index (χ0) is 14.4. The van der Waals surface area contributed by atoms with Gasteiger partial charge in [-0.1, -0.05) is 58.9 Å². The fraction of sp³-hybridized carbons (Fsp3) is 0.294. The van der Waals surface area contributed by atoms with Crippen LogP contribution in [0.4, 0.5) is 0 Å². The second kappa shape index (κ2) is 7.87. The lowest BCUT2D eigenvalue weighted by molar-refractivity contribution is 0.669. The van der Waals surface area contributed by atoms with Gasteiger partial charge in [-0.15, -0.1) is 0 Å². The monoisotopic (exact) mass is 349 g/mol. The van der Waals surface area contributed by atoms with E-state index < -0.39 is 0 Å². The molecule has 0 aliphatic rings. The van der Waals surface area contributed by atoms with Gasteiger partial charge in [0.15, 0.2) is 0 Å². The van der Waals surface area contributed by atoms with Crippen molar-refractivity contribution in [3.8, 4) is 0 Å². The molecule has 0 amide bonds. The van der Waals surface area contributed by atoms with Crippen molar-refractivity contribution in [2.45, 2.75) is 36.6 Å². The van der Waals surface area contributed by atoms with E-state index >= 15 is 0 Å². The third kappa shape index (κ3) is 4.37. The summed E-state index contributed by atoms with van der Waals surface area (Å²) >= 11 is 5.42. The van der Waals surface area contributed by atoms with Crippen molar-refractivity contribution in [2.24, 2.45) is 0 Å². The quantitative estimate of drug-likeness (QED) is 0.699. The first-order valence-corrected chi connectivity index (χ1v) is 8.54. The first-order chi connectivity index (χ1) is 9.70. The fourth-order valence-corrected chi connectivity index (χ4v) is 3.54. The summed E-state index contributed by atoms with van der Waals surface area (Å²) in [6.07, 6.45) is 1.16. The Balaban J connectivity index is 2.21. The molecule has 2 rings (SSSR count). The van der Waals surface area contributed by atoms with Crippen LogP contribution in [0.5, 0.6) is 0 Å². The Kier molecular flexibility index (Phi) is 6.14. The maximum Gasteiger partial charge on any atom is 0.0216 e. The maximum atomic E-state index is 3.58. The van der Waals surface area contributed by atoms with Crippen molar-refractivity contribution in [1.82, 2.24) is 5.32 Å². The molecular weight excluding hydrogens is 330 g/mol. The fourth-order valence-electron chi connectivity index (χ4n) is 1.96. The first-order valence-electron chi connectivity index (χ1n) is 6.93. The second-order valence-corrected chi connectivity index (χ2v) is 6.80. The molecule has 0 atom stereocenters. The maximum absolute atomic E-state index is 3.58. The summed E-state index contributed by atoms with van der Waals surface area (Å²) in [6, 6.07) is 15.1. The number of benzene rings is 2. The second-order valence-electron chi connectivity index (χ2n) is 4.80. The van der Waals surface area contributed by atoms with Gasteiger partial charge in [-0.2, -0.15) is 0 Å². The van der Waals surface area contributed by atoms with E-state index in [1.165, 1.54) is 20.9 Å². The molecule has 20 heavy (non-hydrogen) atoms. The van der Waals surface area contributed by atoms with Crippen molar-refractivity contribution in [1.29, 1.82) is 0 Å². The molecular formula is C17H20BrNS. The lowest BCUT2D eigenvalue weighted by Crippen LogP contribution is -2.14. The number of hydrogen-bond acceptors (Lipinski definition) is 2. The van der Waals surface area contributed by atoms with Crippen LogP contribution in [0, 0.1) is 6.92 Å². The summed E-state index contributed by atoms with van der Waals surface area (Å²) in [5.41, 5.74) is 2.68. The van der Waals surface area contributed by atoms with Gasteiger partial charge >= 0.3 is 0 Å². The Morgan fingerprint density at radius 1 is 1.10 bits per heavy atom. The van der Waals surface area contributed by atoms with E-state index in [4.69, 9.17) is 0 Å². The molecule has 0 spiro atoms. The molecule has 0 aromatic heterocycles. The molecule has 0 radical (unpaired) electrons. The molecule has 3 heteroatoms. The van der Waals surface area contributed by atoms with Gasteiger partial charge in [0.05, 0.1) is 0 Å². The largest absolute Gasteiger partial charge is 0.313 e. The molecule has 0 saturated carbocycles. The Morgan fingerprint density at radius 2 is 1.90 bits per heavy atom. The SMILES string of the molecule is CCCNCc1ccc(Br)cc1Sc1ccccc1C. The molecule has 0 unspecified atom stereocenters. The normalized spacial score (nSPS) is 10.8. The van der Waals surface area contributed by atoms with Crippen LogP contribution in [0.3, 0.4) is 0 Å². The van der Waals surface area contributed by atoms with Gasteiger partial charge in [-0.05, 0) is 49.2 Å². The van der Waals surface area contributed by atoms with E-state index in [2.05, 4.69) is 77.6 Å². The summed E-state index contributed by atoms with van der Waals surface area (Å²) in [6.45, 7) is 6.34. The molecule has 106 valence electrons. The highest BCUT2D eigenvalue weighted by Gasteiger charge is 2.07. The van der Waals surface area contributed by atoms with Gasteiger partial charge in [-0.25, -0.2) is 0 Å². The van der Waals surface area contributed by atoms with Crippen molar-refractivity contribution in [2.75, 3.05) is 6.54 Å². The molecule has 0 saturated heterocycles. The molecule has 0 aliphatic heterocycles. The van der Waals surface area contributed by atoms with Crippen LogP contribution in [0.15, 0.2) is 56.7 Å². The zero-order valence-corrected chi connectivity index (χ0v) is 14.4. The zero-order valence-electron chi connectivity index (χ0n) is 11.9. The van der Waals surface area contributed by atoms with Crippen LogP contribution in [0.2, 0.25) is 0 Å². The average Bonchev–Trinajstić information content (AvgIpc) is 2.44. The van der Waals surface area contributed by atoms with Gasteiger partial charge in [0, 0.05) is 20.8 Å². The van der Waals surface area contributed by atoms with Crippen molar-refractivity contribution < 1.29 is 0 Å². The minimum Gasteiger partial charge on any atom is -0.313 e. The van der Waals surface area contributed by atoms with Gasteiger partial charge in [0.1, 0.15) is 0 Å². The minimum absolute atomic E-state index is 0.926. The topological polar surface area (TPSA) is 12.0 Å². The Bertz CT molecular complexity index is 569. The minimum atomic E-state index is 0.926. The van der Waals surface area contributed by atoms with Crippen LogP contribution in [0.25, 0.3) is 0 Å². The number of nitrogens with one attached hydrogen (secondary N) is 1. The van der Waals surface area contributed by atoms with Crippen LogP contribution < -0.4 is 5.32 Å². The lowest BCUT2D eigenvalue weighted by atomic mass is 10.2. The molecule has 2 aromatic rings. The first kappa shape index (κ1) is 15.6. The number of aryl methyl sites for hydroxylation is 1. The van der Waals surface area contributed by atoms with E-state index in [0.717, 1.165) is 24.0 Å². The smallest absolute Gasteiger partial charge is 0.0216 e. The van der Waals surface area contributed by atoms with Crippen molar-refractivity contribution >= 4 is 27.7 Å². The van der Waals surface area contributed by atoms with E-state index in [1.54, 1.807) is 0 Å². The van der Waals surface area contributed by atoms with Crippen molar-refractivity contribution in [3.05, 3.63) is 58.1 Å². The molecule has 2 aromatic carbocycles. The van der Waals surface area contributed by atoms with E-state index in [9.17, 15) is 0 Å². The van der Waals surface area contributed by atoms with Gasteiger partial charge < -0.3 is 5.32 Å². The summed E-state index contributed by atoms with van der Waals surface area (Å²) < 4.78 is 1.13. The molecule has 1 N–H and O–H groups in total. The third-order valence-corrected chi connectivity index (χ3v) is 4.86. The van der Waals surface area contributed by atoms with Crippen LogP contribution in [0.1, 0.15) is 24.5 Å². The standard InChI is InChI=1S/C17H20BrNS/c1-3-10-19-12-14-8-9-15(18)11-17(14)20-16-7-5-4-6-13(16)2/h4-9,11,19H,3,10,12H2,1-2H3. The molecule has 0 fully saturated rings. The Morgan fingerprint density at radius 3 is 2.65 bits per heavy atom. The predicted molar refractivity (Wildman–Crippen MR) is 91.4 cm³/mol. The summed E-state index contributed by atoms with van der Waals surface area (Å²) in [7, 11) is 0. The van der Waals surface area contributed by atoms with Crippen LogP contribution in [-0.2, 0) is 6.54 Å². The Hall–Kier alpha value is -0.770. The molecule has 0 aliphatic carbocycles. The number of rotatable bonds is 6. The summed E-state index contributed by atoms with van der Waals surface area (Å²) in [5.74, 6) is 0. The van der Waals surface area contributed by atoms with Crippen LogP contribution in [-0.4, -0.2) is 6.54 Å². The van der Waals surface area contributed by atoms with E-state index in [0.29, 0.717) is 0 Å². The Labute approximate surface area is 134 Å². The number of hydrogen-bond donors (Lipinski definition) is 1. The van der Waals surface area contributed by atoms with Gasteiger partial charge in [0.25, 0.3) is 0 Å². The summed E-state index contributed by atoms with van der Waals surface area (Å²) in [5, 5.41) is 3.48. The highest BCUT2D eigenvalue weighted by Crippen LogP contribution is 2.34. The third-order valence-electron chi connectivity index (χ3n) is 3.08. The van der Waals surface area contributed by atoms with E-state index in [-0.39, 0.29) is 0 Å². The molecule has 0 heterocycles. The predicted octanol–water partition coefficient (Wildman–Crippen LogP) is 5.41. The van der Waals surface area contributed by atoms with Gasteiger partial charge in [0.2, 0.25) is 0 Å². The average molecular weight is 350 g/mol. The lowest BCUT2D eigenvalue weighted by Gasteiger charge is -2.12. The van der Waals surface area contributed by atoms with Crippen LogP contribution >= 0.6 is 27.7 Å². The molecule has 1 nitrogen and oxygen atoms in total. The summed E-state index contributed by atoms with van der Waals surface area (Å²) in [4.78, 5) is 2.64.